The number of nitrogens with zero attached hydrogens (tertiary/aromatic N) is 2. The zero-order valence-corrected chi connectivity index (χ0v) is 14.3. The van der Waals surface area contributed by atoms with Crippen LogP contribution in [0.25, 0.3) is 0 Å². The fourth-order valence-electron chi connectivity index (χ4n) is 3.48. The van der Waals surface area contributed by atoms with Crippen LogP contribution < -0.4 is 0 Å². The van der Waals surface area contributed by atoms with Crippen LogP contribution >= 0.6 is 15.9 Å². The highest BCUT2D eigenvalue weighted by Crippen LogP contribution is 2.40. The fourth-order valence-corrected chi connectivity index (χ4v) is 4.01. The first kappa shape index (κ1) is 16.0. The van der Waals surface area contributed by atoms with Crippen LogP contribution in [-0.4, -0.2) is 14.9 Å². The average molecular weight is 343 g/mol. The van der Waals surface area contributed by atoms with Gasteiger partial charge in [-0.2, -0.15) is 5.10 Å². The zero-order chi connectivity index (χ0) is 14.5. The van der Waals surface area contributed by atoms with E-state index in [0.717, 1.165) is 41.9 Å². The highest BCUT2D eigenvalue weighted by atomic mass is 79.9. The van der Waals surface area contributed by atoms with Crippen molar-refractivity contribution in [3.8, 4) is 0 Å². The number of hydrogen-bond donors (Lipinski definition) is 1. The maximum Gasteiger partial charge on any atom is 0.0996 e. The molecule has 1 fully saturated rings. The molecule has 1 aliphatic rings. The van der Waals surface area contributed by atoms with E-state index in [2.05, 4.69) is 34.9 Å². The van der Waals surface area contributed by atoms with Gasteiger partial charge in [-0.1, -0.05) is 39.5 Å². The van der Waals surface area contributed by atoms with Gasteiger partial charge in [0.1, 0.15) is 0 Å². The molecule has 20 heavy (non-hydrogen) atoms. The quantitative estimate of drug-likeness (QED) is 0.813. The molecule has 1 heterocycles. The third-order valence-electron chi connectivity index (χ3n) is 4.58. The normalized spacial score (nSPS) is 24.8. The van der Waals surface area contributed by atoms with E-state index >= 15 is 0 Å². The van der Waals surface area contributed by atoms with Gasteiger partial charge >= 0.3 is 0 Å². The van der Waals surface area contributed by atoms with Gasteiger partial charge < -0.3 is 5.11 Å². The molecule has 0 aliphatic heterocycles. The minimum Gasteiger partial charge on any atom is -0.386 e. The van der Waals surface area contributed by atoms with E-state index in [1.54, 1.807) is 0 Å². The van der Waals surface area contributed by atoms with Gasteiger partial charge in [-0.15, -0.1) is 0 Å². The number of aliphatic hydroxyl groups is 1. The summed E-state index contributed by atoms with van der Waals surface area (Å²) < 4.78 is 2.92. The predicted molar refractivity (Wildman–Crippen MR) is 85.5 cm³/mol. The van der Waals surface area contributed by atoms with E-state index in [0.29, 0.717) is 5.92 Å². The average Bonchev–Trinajstić information content (AvgIpc) is 2.81. The van der Waals surface area contributed by atoms with Gasteiger partial charge in [0, 0.05) is 6.54 Å². The van der Waals surface area contributed by atoms with E-state index in [4.69, 9.17) is 0 Å². The van der Waals surface area contributed by atoms with Crippen LogP contribution in [0.5, 0.6) is 0 Å². The van der Waals surface area contributed by atoms with E-state index in [1.165, 1.54) is 25.7 Å². The van der Waals surface area contributed by atoms with Gasteiger partial charge in [-0.25, -0.2) is 0 Å². The molecule has 0 spiro atoms. The van der Waals surface area contributed by atoms with Crippen molar-refractivity contribution in [3.05, 3.63) is 16.4 Å². The second-order valence-corrected chi connectivity index (χ2v) is 6.97. The summed E-state index contributed by atoms with van der Waals surface area (Å²) in [5, 5.41) is 15.1. The van der Waals surface area contributed by atoms with Gasteiger partial charge in [-0.3, -0.25) is 4.68 Å². The standard InChI is InChI=1S/C16H27BrN2O/c1-3-5-12-6-8-13(9-7-12)16(20)15-14(17)11-18-19(15)10-4-2/h11-13,16,20H,3-10H2,1-2H3. The summed E-state index contributed by atoms with van der Waals surface area (Å²) in [7, 11) is 0. The molecule has 1 atom stereocenters. The topological polar surface area (TPSA) is 38.1 Å². The SMILES string of the molecule is CCCC1CCC(C(O)c2c(Br)cnn2CCC)CC1. The Balaban J connectivity index is 2.01. The molecule has 1 N–H and O–H groups in total. The molecule has 3 nitrogen and oxygen atoms in total. The van der Waals surface area contributed by atoms with E-state index in [9.17, 15) is 5.11 Å². The smallest absolute Gasteiger partial charge is 0.0996 e. The van der Waals surface area contributed by atoms with E-state index in [1.807, 2.05) is 10.9 Å². The lowest BCUT2D eigenvalue weighted by atomic mass is 9.77. The number of rotatable bonds is 6. The van der Waals surface area contributed by atoms with Crippen LogP contribution in [0.15, 0.2) is 10.7 Å². The summed E-state index contributed by atoms with van der Waals surface area (Å²) >= 11 is 3.55. The lowest BCUT2D eigenvalue weighted by molar-refractivity contribution is 0.0643. The summed E-state index contributed by atoms with van der Waals surface area (Å²) in [6.07, 6.45) is 9.96. The molecule has 1 unspecified atom stereocenters. The van der Waals surface area contributed by atoms with Crippen LogP contribution in [0.2, 0.25) is 0 Å². The number of aromatic nitrogens is 2. The van der Waals surface area contributed by atoms with Crippen LogP contribution in [-0.2, 0) is 6.54 Å². The lowest BCUT2D eigenvalue weighted by Crippen LogP contribution is -2.23. The van der Waals surface area contributed by atoms with Gasteiger partial charge in [0.05, 0.1) is 22.5 Å². The Labute approximate surface area is 130 Å². The zero-order valence-electron chi connectivity index (χ0n) is 12.7. The molecular weight excluding hydrogens is 316 g/mol. The second-order valence-electron chi connectivity index (χ2n) is 6.12. The van der Waals surface area contributed by atoms with Crippen molar-refractivity contribution in [3.63, 3.8) is 0 Å². The van der Waals surface area contributed by atoms with Crippen molar-refractivity contribution in [2.75, 3.05) is 0 Å². The predicted octanol–water partition coefficient (Wildman–Crippen LogP) is 4.70. The van der Waals surface area contributed by atoms with Crippen molar-refractivity contribution < 1.29 is 5.11 Å². The summed E-state index contributed by atoms with van der Waals surface area (Å²) in [5.41, 5.74) is 0.978. The molecule has 1 saturated carbocycles. The van der Waals surface area contributed by atoms with Gasteiger partial charge in [0.15, 0.2) is 0 Å². The molecule has 2 rings (SSSR count). The largest absolute Gasteiger partial charge is 0.386 e. The van der Waals surface area contributed by atoms with Crippen molar-refractivity contribution >= 4 is 15.9 Å². The Kier molecular flexibility index (Phi) is 6.09. The number of halogens is 1. The Hall–Kier alpha value is -0.350. The molecule has 0 amide bonds. The number of aliphatic hydroxyl groups excluding tert-OH is 1. The third-order valence-corrected chi connectivity index (χ3v) is 5.19. The highest BCUT2D eigenvalue weighted by Gasteiger charge is 2.30. The molecule has 1 aromatic rings. The summed E-state index contributed by atoms with van der Waals surface area (Å²) in [6, 6.07) is 0. The Morgan fingerprint density at radius 3 is 2.60 bits per heavy atom. The minimum absolute atomic E-state index is 0.374. The van der Waals surface area contributed by atoms with E-state index < -0.39 is 0 Å². The summed E-state index contributed by atoms with van der Waals surface area (Å²) in [5.74, 6) is 1.28. The van der Waals surface area contributed by atoms with E-state index in [-0.39, 0.29) is 6.10 Å². The first-order chi connectivity index (χ1) is 9.67. The van der Waals surface area contributed by atoms with Crippen molar-refractivity contribution in [2.24, 2.45) is 11.8 Å². The maximum absolute atomic E-state index is 10.7. The van der Waals surface area contributed by atoms with Gasteiger partial charge in [0.2, 0.25) is 0 Å². The van der Waals surface area contributed by atoms with Gasteiger partial charge in [-0.05, 0) is 47.0 Å². The van der Waals surface area contributed by atoms with Crippen molar-refractivity contribution in [2.45, 2.75) is 71.4 Å². The molecule has 114 valence electrons. The second kappa shape index (κ2) is 7.60. The molecule has 0 bridgehead atoms. The van der Waals surface area contributed by atoms with Crippen LogP contribution in [0.4, 0.5) is 0 Å². The monoisotopic (exact) mass is 342 g/mol. The Bertz CT molecular complexity index is 411. The number of aryl methyl sites for hydroxylation is 1. The molecule has 4 heteroatoms. The van der Waals surface area contributed by atoms with Gasteiger partial charge in [0.25, 0.3) is 0 Å². The van der Waals surface area contributed by atoms with Crippen molar-refractivity contribution in [1.82, 2.24) is 9.78 Å². The molecule has 0 saturated heterocycles. The molecule has 0 aromatic carbocycles. The number of hydrogen-bond acceptors (Lipinski definition) is 2. The van der Waals surface area contributed by atoms with Crippen LogP contribution in [0, 0.1) is 11.8 Å². The maximum atomic E-state index is 10.7. The third kappa shape index (κ3) is 3.64. The first-order valence-electron chi connectivity index (χ1n) is 8.06. The minimum atomic E-state index is -0.374. The molecule has 1 aromatic heterocycles. The Morgan fingerprint density at radius 1 is 1.30 bits per heavy atom. The first-order valence-corrected chi connectivity index (χ1v) is 8.85. The molecular formula is C16H27BrN2O. The van der Waals surface area contributed by atoms with Crippen LogP contribution in [0.3, 0.4) is 0 Å². The Morgan fingerprint density at radius 2 is 2.00 bits per heavy atom. The molecule has 0 radical (unpaired) electrons. The van der Waals surface area contributed by atoms with Crippen LogP contribution in [0.1, 0.15) is 70.6 Å². The summed E-state index contributed by atoms with van der Waals surface area (Å²) in [4.78, 5) is 0. The highest BCUT2D eigenvalue weighted by molar-refractivity contribution is 9.10. The summed E-state index contributed by atoms with van der Waals surface area (Å²) in [6.45, 7) is 5.28. The van der Waals surface area contributed by atoms with Crippen molar-refractivity contribution in [1.29, 1.82) is 0 Å². The fraction of sp³-hybridized carbons (Fsp3) is 0.812. The lowest BCUT2D eigenvalue weighted by Gasteiger charge is -2.31. The molecule has 1 aliphatic carbocycles.